The molecule has 1 aromatic rings. The van der Waals surface area contributed by atoms with Gasteiger partial charge in [-0.05, 0) is 19.3 Å². The molecular weight excluding hydrogens is 250 g/mol. The molecule has 0 aliphatic heterocycles. The predicted octanol–water partition coefficient (Wildman–Crippen LogP) is 3.43. The van der Waals surface area contributed by atoms with Crippen molar-refractivity contribution in [2.45, 2.75) is 59.8 Å². The van der Waals surface area contributed by atoms with Gasteiger partial charge in [0.05, 0.1) is 0 Å². The van der Waals surface area contributed by atoms with E-state index >= 15 is 0 Å². The number of anilines is 2. The molecule has 1 rings (SSSR count). The summed E-state index contributed by atoms with van der Waals surface area (Å²) in [5.41, 5.74) is 3.63. The first kappa shape index (κ1) is 16.7. The number of nitrogens with one attached hydrogen (secondary N) is 2. The maximum absolute atomic E-state index is 5.53. The Balaban J connectivity index is 2.66. The summed E-state index contributed by atoms with van der Waals surface area (Å²) in [4.78, 5) is 9.03. The minimum absolute atomic E-state index is 0.282. The van der Waals surface area contributed by atoms with E-state index < -0.39 is 0 Å². The first-order valence-corrected chi connectivity index (χ1v) is 7.54. The molecule has 0 fully saturated rings. The van der Waals surface area contributed by atoms with Crippen LogP contribution < -0.4 is 16.6 Å². The lowest BCUT2D eigenvalue weighted by Crippen LogP contribution is -2.16. The fraction of sp³-hybridized carbons (Fsp3) is 0.733. The van der Waals surface area contributed by atoms with Gasteiger partial charge in [-0.15, -0.1) is 0 Å². The molecule has 0 radical (unpaired) electrons. The molecule has 0 aliphatic carbocycles. The molecule has 0 saturated carbocycles. The lowest BCUT2D eigenvalue weighted by atomic mass is 10.1. The van der Waals surface area contributed by atoms with Gasteiger partial charge in [-0.1, -0.05) is 40.5 Å². The van der Waals surface area contributed by atoms with Crippen molar-refractivity contribution in [3.63, 3.8) is 0 Å². The van der Waals surface area contributed by atoms with Crippen molar-refractivity contribution >= 4 is 11.6 Å². The average molecular weight is 279 g/mol. The van der Waals surface area contributed by atoms with Gasteiger partial charge in [0.25, 0.3) is 0 Å². The van der Waals surface area contributed by atoms with Crippen molar-refractivity contribution < 1.29 is 0 Å². The van der Waals surface area contributed by atoms with E-state index in [1.165, 1.54) is 12.8 Å². The van der Waals surface area contributed by atoms with E-state index in [1.54, 1.807) is 0 Å². The van der Waals surface area contributed by atoms with Crippen LogP contribution in [0, 0.1) is 12.8 Å². The van der Waals surface area contributed by atoms with E-state index in [2.05, 4.69) is 48.4 Å². The second kappa shape index (κ2) is 8.04. The molecule has 0 unspecified atom stereocenters. The molecule has 114 valence electrons. The van der Waals surface area contributed by atoms with Crippen LogP contribution in [0.15, 0.2) is 0 Å². The number of nitrogens with two attached hydrogens (primary N) is 1. The molecule has 0 bridgehead atoms. The number of nitrogen functional groups attached to an aromatic ring is 1. The van der Waals surface area contributed by atoms with Crippen LogP contribution in [-0.4, -0.2) is 16.5 Å². The van der Waals surface area contributed by atoms with Gasteiger partial charge in [-0.2, -0.15) is 0 Å². The normalized spacial score (nSPS) is 11.2. The molecule has 1 aromatic heterocycles. The molecule has 1 heterocycles. The van der Waals surface area contributed by atoms with Crippen molar-refractivity contribution in [1.29, 1.82) is 0 Å². The second-order valence-electron chi connectivity index (χ2n) is 6.02. The highest BCUT2D eigenvalue weighted by atomic mass is 15.3. The predicted molar refractivity (Wildman–Crippen MR) is 85.8 cm³/mol. The Bertz CT molecular complexity index is 415. The lowest BCUT2D eigenvalue weighted by molar-refractivity contribution is 0.544. The summed E-state index contributed by atoms with van der Waals surface area (Å²) in [5, 5.41) is 3.41. The summed E-state index contributed by atoms with van der Waals surface area (Å²) in [6.45, 7) is 11.6. The van der Waals surface area contributed by atoms with Gasteiger partial charge < -0.3 is 10.7 Å². The maximum Gasteiger partial charge on any atom is 0.148 e. The summed E-state index contributed by atoms with van der Waals surface area (Å²) < 4.78 is 0. The van der Waals surface area contributed by atoms with Crippen LogP contribution in [0.2, 0.25) is 0 Å². The Morgan fingerprint density at radius 2 is 1.70 bits per heavy atom. The zero-order chi connectivity index (χ0) is 15.1. The molecule has 0 aliphatic rings. The van der Waals surface area contributed by atoms with E-state index in [0.29, 0.717) is 5.82 Å². The first-order valence-electron chi connectivity index (χ1n) is 7.54. The number of rotatable bonds is 8. The van der Waals surface area contributed by atoms with Gasteiger partial charge in [0.1, 0.15) is 17.5 Å². The molecular formula is C15H29N5. The highest BCUT2D eigenvalue weighted by molar-refractivity contribution is 5.56. The summed E-state index contributed by atoms with van der Waals surface area (Å²) in [7, 11) is 0. The number of hydrogen-bond acceptors (Lipinski definition) is 5. The zero-order valence-corrected chi connectivity index (χ0v) is 13.5. The Kier molecular flexibility index (Phi) is 6.71. The highest BCUT2D eigenvalue weighted by Crippen LogP contribution is 2.22. The quantitative estimate of drug-likeness (QED) is 0.386. The monoisotopic (exact) mass is 279 g/mol. The summed E-state index contributed by atoms with van der Waals surface area (Å²) in [5.74, 6) is 8.99. The van der Waals surface area contributed by atoms with Crippen molar-refractivity contribution in [1.82, 2.24) is 9.97 Å². The number of nitrogens with zero attached hydrogens (tertiary/aromatic N) is 2. The standard InChI is InChI=1S/C15H29N5/c1-10(2)8-6-7-9-17-14-12(5)15(20-16)19-13(18-14)11(3)4/h10-11H,6-9,16H2,1-5H3,(H2,17,18,19,20). The van der Waals surface area contributed by atoms with Gasteiger partial charge in [0, 0.05) is 18.0 Å². The minimum Gasteiger partial charge on any atom is -0.370 e. The first-order chi connectivity index (χ1) is 9.45. The SMILES string of the molecule is Cc1c(NN)nc(C(C)C)nc1NCCCCC(C)C. The van der Waals surface area contributed by atoms with Crippen LogP contribution in [0.25, 0.3) is 0 Å². The Morgan fingerprint density at radius 1 is 1.05 bits per heavy atom. The van der Waals surface area contributed by atoms with Crippen LogP contribution in [0.4, 0.5) is 11.6 Å². The topological polar surface area (TPSA) is 75.9 Å². The van der Waals surface area contributed by atoms with E-state index in [9.17, 15) is 0 Å². The maximum atomic E-state index is 5.53. The molecule has 5 heteroatoms. The van der Waals surface area contributed by atoms with E-state index in [0.717, 1.165) is 36.1 Å². The van der Waals surface area contributed by atoms with Crippen molar-refractivity contribution in [2.75, 3.05) is 17.3 Å². The summed E-state index contributed by atoms with van der Waals surface area (Å²) in [6.07, 6.45) is 3.68. The van der Waals surface area contributed by atoms with Gasteiger partial charge in [0.15, 0.2) is 0 Å². The van der Waals surface area contributed by atoms with Crippen LogP contribution in [0.5, 0.6) is 0 Å². The van der Waals surface area contributed by atoms with Crippen LogP contribution in [0.3, 0.4) is 0 Å². The van der Waals surface area contributed by atoms with Crippen molar-refractivity contribution in [3.8, 4) is 0 Å². The third-order valence-corrected chi connectivity index (χ3v) is 3.32. The van der Waals surface area contributed by atoms with E-state index in [1.807, 2.05) is 6.92 Å². The summed E-state index contributed by atoms with van der Waals surface area (Å²) in [6, 6.07) is 0. The van der Waals surface area contributed by atoms with Crippen molar-refractivity contribution in [2.24, 2.45) is 11.8 Å². The molecule has 0 aromatic carbocycles. The third kappa shape index (κ3) is 4.96. The van der Waals surface area contributed by atoms with Gasteiger partial charge >= 0.3 is 0 Å². The fourth-order valence-corrected chi connectivity index (χ4v) is 1.99. The molecule has 0 amide bonds. The fourth-order valence-electron chi connectivity index (χ4n) is 1.99. The molecule has 4 N–H and O–H groups in total. The highest BCUT2D eigenvalue weighted by Gasteiger charge is 2.12. The van der Waals surface area contributed by atoms with E-state index in [-0.39, 0.29) is 5.92 Å². The molecule has 20 heavy (non-hydrogen) atoms. The minimum atomic E-state index is 0.282. The zero-order valence-electron chi connectivity index (χ0n) is 13.5. The van der Waals surface area contributed by atoms with Gasteiger partial charge in [0.2, 0.25) is 0 Å². The Hall–Kier alpha value is -1.36. The second-order valence-corrected chi connectivity index (χ2v) is 6.02. The number of hydrazine groups is 1. The smallest absolute Gasteiger partial charge is 0.148 e. The van der Waals surface area contributed by atoms with Crippen LogP contribution in [0.1, 0.15) is 64.3 Å². The van der Waals surface area contributed by atoms with Gasteiger partial charge in [-0.25, -0.2) is 15.8 Å². The molecule has 5 nitrogen and oxygen atoms in total. The number of unbranched alkanes of at least 4 members (excludes halogenated alkanes) is 1. The molecule has 0 spiro atoms. The van der Waals surface area contributed by atoms with E-state index in [4.69, 9.17) is 5.84 Å². The van der Waals surface area contributed by atoms with Crippen molar-refractivity contribution in [3.05, 3.63) is 11.4 Å². The van der Waals surface area contributed by atoms with Crippen LogP contribution in [-0.2, 0) is 0 Å². The Labute approximate surface area is 122 Å². The largest absolute Gasteiger partial charge is 0.370 e. The number of aromatic nitrogens is 2. The van der Waals surface area contributed by atoms with Gasteiger partial charge in [-0.3, -0.25) is 0 Å². The molecule has 0 atom stereocenters. The lowest BCUT2D eigenvalue weighted by Gasteiger charge is -2.15. The number of hydrogen-bond donors (Lipinski definition) is 3. The molecule has 0 saturated heterocycles. The average Bonchev–Trinajstić information content (AvgIpc) is 2.39. The third-order valence-electron chi connectivity index (χ3n) is 3.32. The Morgan fingerprint density at radius 3 is 2.25 bits per heavy atom. The van der Waals surface area contributed by atoms with Crippen LogP contribution >= 0.6 is 0 Å². The summed E-state index contributed by atoms with van der Waals surface area (Å²) >= 11 is 0.